The molecule has 1 rings (SSSR count). The quantitative estimate of drug-likeness (QED) is 0.876. The van der Waals surface area contributed by atoms with Gasteiger partial charge in [-0.05, 0) is 40.4 Å². The summed E-state index contributed by atoms with van der Waals surface area (Å²) in [6.07, 6.45) is 0.696. The van der Waals surface area contributed by atoms with Crippen molar-refractivity contribution in [1.82, 2.24) is 0 Å². The third kappa shape index (κ3) is 2.55. The van der Waals surface area contributed by atoms with Gasteiger partial charge >= 0.3 is 0 Å². The number of rotatable bonds is 3. The Labute approximate surface area is 91.9 Å². The van der Waals surface area contributed by atoms with Gasteiger partial charge in [0, 0.05) is 4.88 Å². The van der Waals surface area contributed by atoms with Gasteiger partial charge in [-0.15, -0.1) is 11.3 Å². The highest BCUT2D eigenvalue weighted by atomic mass is 79.9. The van der Waals surface area contributed by atoms with Gasteiger partial charge in [0.2, 0.25) is 0 Å². The predicted octanol–water partition coefficient (Wildman–Crippen LogP) is 3.90. The van der Waals surface area contributed by atoms with Crippen molar-refractivity contribution in [3.63, 3.8) is 0 Å². The second-order valence-electron chi connectivity index (χ2n) is 3.39. The van der Waals surface area contributed by atoms with Crippen LogP contribution in [0.1, 0.15) is 36.8 Å². The van der Waals surface area contributed by atoms with Crippen LogP contribution >= 0.6 is 27.3 Å². The van der Waals surface area contributed by atoms with Crippen LogP contribution < -0.4 is 0 Å². The van der Waals surface area contributed by atoms with E-state index in [4.69, 9.17) is 0 Å². The fourth-order valence-corrected chi connectivity index (χ4v) is 3.03. The Hall–Kier alpha value is 0.140. The summed E-state index contributed by atoms with van der Waals surface area (Å²) in [5.74, 6) is 0.334. The molecule has 13 heavy (non-hydrogen) atoms. The minimum Gasteiger partial charge on any atom is -0.388 e. The molecular weight excluding hydrogens is 248 g/mol. The number of halogens is 1. The molecule has 74 valence electrons. The Morgan fingerprint density at radius 3 is 2.62 bits per heavy atom. The van der Waals surface area contributed by atoms with Gasteiger partial charge in [0.1, 0.15) is 0 Å². The summed E-state index contributed by atoms with van der Waals surface area (Å²) in [5, 5.41) is 9.97. The maximum absolute atomic E-state index is 9.97. The second kappa shape index (κ2) is 4.58. The van der Waals surface area contributed by atoms with E-state index in [-0.39, 0.29) is 6.10 Å². The maximum Gasteiger partial charge on any atom is 0.0826 e. The largest absolute Gasteiger partial charge is 0.388 e. The van der Waals surface area contributed by atoms with Crippen LogP contribution in [0.5, 0.6) is 0 Å². The van der Waals surface area contributed by atoms with E-state index in [2.05, 4.69) is 36.7 Å². The number of aryl methyl sites for hydroxylation is 1. The van der Waals surface area contributed by atoms with E-state index in [0.717, 1.165) is 15.8 Å². The van der Waals surface area contributed by atoms with E-state index in [0.29, 0.717) is 5.92 Å². The molecule has 0 bridgehead atoms. The van der Waals surface area contributed by atoms with E-state index >= 15 is 0 Å². The molecule has 0 radical (unpaired) electrons. The lowest BCUT2D eigenvalue weighted by Crippen LogP contribution is -2.07. The first-order chi connectivity index (χ1) is 6.06. The standard InChI is InChI=1S/C10H15BrOS/c1-4-6(2)10(12)8-5-9(11)13-7(8)3/h5-6,10,12H,4H2,1-3H3. The number of aliphatic hydroxyl groups is 1. The van der Waals surface area contributed by atoms with Crippen molar-refractivity contribution in [2.75, 3.05) is 0 Å². The third-order valence-corrected chi connectivity index (χ3v) is 4.00. The molecule has 0 saturated carbocycles. The fourth-order valence-electron chi connectivity index (χ4n) is 1.28. The van der Waals surface area contributed by atoms with E-state index < -0.39 is 0 Å². The van der Waals surface area contributed by atoms with Gasteiger partial charge in [0.05, 0.1) is 9.89 Å². The first kappa shape index (κ1) is 11.2. The van der Waals surface area contributed by atoms with E-state index in [9.17, 15) is 5.11 Å². The van der Waals surface area contributed by atoms with Crippen LogP contribution in [0.3, 0.4) is 0 Å². The molecule has 0 aromatic carbocycles. The van der Waals surface area contributed by atoms with Gasteiger partial charge in [0.15, 0.2) is 0 Å². The van der Waals surface area contributed by atoms with Crippen LogP contribution in [0.4, 0.5) is 0 Å². The van der Waals surface area contributed by atoms with Crippen molar-refractivity contribution in [2.45, 2.75) is 33.3 Å². The van der Waals surface area contributed by atoms with Crippen LogP contribution in [0.15, 0.2) is 9.85 Å². The highest BCUT2D eigenvalue weighted by molar-refractivity contribution is 9.11. The summed E-state index contributed by atoms with van der Waals surface area (Å²) >= 11 is 5.11. The van der Waals surface area contributed by atoms with Gasteiger partial charge in [-0.1, -0.05) is 20.3 Å². The van der Waals surface area contributed by atoms with Crippen molar-refractivity contribution >= 4 is 27.3 Å². The van der Waals surface area contributed by atoms with Crippen LogP contribution in [0.2, 0.25) is 0 Å². The van der Waals surface area contributed by atoms with E-state index in [1.54, 1.807) is 11.3 Å². The molecule has 0 aliphatic heterocycles. The molecule has 1 N–H and O–H groups in total. The summed E-state index contributed by atoms with van der Waals surface area (Å²) in [6.45, 7) is 6.23. The Bertz CT molecular complexity index is 282. The van der Waals surface area contributed by atoms with Crippen molar-refractivity contribution in [2.24, 2.45) is 5.92 Å². The number of hydrogen-bond donors (Lipinski definition) is 1. The molecule has 2 atom stereocenters. The van der Waals surface area contributed by atoms with Crippen LogP contribution in [-0.4, -0.2) is 5.11 Å². The van der Waals surface area contributed by atoms with Crippen LogP contribution in [0, 0.1) is 12.8 Å². The average molecular weight is 263 g/mol. The summed E-state index contributed by atoms with van der Waals surface area (Å²) in [5.41, 5.74) is 1.08. The number of hydrogen-bond acceptors (Lipinski definition) is 2. The predicted molar refractivity (Wildman–Crippen MR) is 61.2 cm³/mol. The topological polar surface area (TPSA) is 20.2 Å². The van der Waals surface area contributed by atoms with Gasteiger partial charge in [-0.2, -0.15) is 0 Å². The van der Waals surface area contributed by atoms with Crippen molar-refractivity contribution in [3.05, 3.63) is 20.3 Å². The lowest BCUT2D eigenvalue weighted by molar-refractivity contribution is 0.115. The minimum absolute atomic E-state index is 0.312. The smallest absolute Gasteiger partial charge is 0.0826 e. The monoisotopic (exact) mass is 262 g/mol. The second-order valence-corrected chi connectivity index (χ2v) is 6.03. The van der Waals surface area contributed by atoms with Crippen molar-refractivity contribution < 1.29 is 5.11 Å². The van der Waals surface area contributed by atoms with Crippen LogP contribution in [0.25, 0.3) is 0 Å². The van der Waals surface area contributed by atoms with Crippen molar-refractivity contribution in [3.8, 4) is 0 Å². The van der Waals surface area contributed by atoms with E-state index in [1.165, 1.54) is 4.88 Å². The van der Waals surface area contributed by atoms with E-state index in [1.807, 2.05) is 6.07 Å². The SMILES string of the molecule is CCC(C)C(O)c1cc(Br)sc1C. The molecule has 3 heteroatoms. The lowest BCUT2D eigenvalue weighted by Gasteiger charge is -2.16. The number of thiophene rings is 1. The van der Waals surface area contributed by atoms with Gasteiger partial charge in [-0.25, -0.2) is 0 Å². The molecule has 0 aliphatic rings. The summed E-state index contributed by atoms with van der Waals surface area (Å²) < 4.78 is 1.10. The normalized spacial score (nSPS) is 15.8. The molecule has 1 heterocycles. The van der Waals surface area contributed by atoms with Crippen molar-refractivity contribution in [1.29, 1.82) is 0 Å². The van der Waals surface area contributed by atoms with Crippen LogP contribution in [-0.2, 0) is 0 Å². The highest BCUT2D eigenvalue weighted by Crippen LogP contribution is 2.34. The summed E-state index contributed by atoms with van der Waals surface area (Å²) in [7, 11) is 0. The molecule has 1 aromatic heterocycles. The Morgan fingerprint density at radius 2 is 2.23 bits per heavy atom. The fraction of sp³-hybridized carbons (Fsp3) is 0.600. The molecular formula is C10H15BrOS. The molecule has 0 aliphatic carbocycles. The zero-order valence-corrected chi connectivity index (χ0v) is 10.6. The molecule has 1 aromatic rings. The zero-order valence-electron chi connectivity index (χ0n) is 8.17. The molecule has 0 amide bonds. The molecule has 0 saturated heterocycles. The first-order valence-corrected chi connectivity index (χ1v) is 6.11. The Kier molecular flexibility index (Phi) is 3.95. The minimum atomic E-state index is -0.312. The lowest BCUT2D eigenvalue weighted by atomic mass is 9.96. The average Bonchev–Trinajstić information content (AvgIpc) is 2.42. The number of aliphatic hydroxyl groups excluding tert-OH is 1. The molecule has 1 nitrogen and oxygen atoms in total. The maximum atomic E-state index is 9.97. The Morgan fingerprint density at radius 1 is 1.62 bits per heavy atom. The summed E-state index contributed by atoms with van der Waals surface area (Å²) in [4.78, 5) is 1.21. The first-order valence-electron chi connectivity index (χ1n) is 4.50. The van der Waals surface area contributed by atoms with Gasteiger partial charge < -0.3 is 5.11 Å². The zero-order chi connectivity index (χ0) is 10.0. The third-order valence-electron chi connectivity index (χ3n) is 2.43. The summed E-state index contributed by atoms with van der Waals surface area (Å²) in [6, 6.07) is 2.02. The molecule has 0 fully saturated rings. The Balaban J connectivity index is 2.87. The highest BCUT2D eigenvalue weighted by Gasteiger charge is 2.18. The van der Waals surface area contributed by atoms with Gasteiger partial charge in [-0.3, -0.25) is 0 Å². The molecule has 2 unspecified atom stereocenters. The van der Waals surface area contributed by atoms with Gasteiger partial charge in [0.25, 0.3) is 0 Å². The molecule has 0 spiro atoms.